The fourth-order valence-electron chi connectivity index (χ4n) is 4.59. The number of hydrogen-bond donors (Lipinski definition) is 1. The number of nitrogens with zero attached hydrogens (tertiary/aromatic N) is 4. The molecule has 0 radical (unpaired) electrons. The first-order valence-electron chi connectivity index (χ1n) is 11.2. The monoisotopic (exact) mass is 425 g/mol. The first-order chi connectivity index (χ1) is 14.9. The number of ether oxygens (including phenoxy) is 2. The van der Waals surface area contributed by atoms with Gasteiger partial charge in [0.25, 0.3) is 0 Å². The highest BCUT2D eigenvalue weighted by Crippen LogP contribution is 2.40. The van der Waals surface area contributed by atoms with E-state index in [4.69, 9.17) is 18.9 Å². The van der Waals surface area contributed by atoms with Crippen LogP contribution in [0.2, 0.25) is 0 Å². The number of aromatic nitrogens is 3. The van der Waals surface area contributed by atoms with E-state index in [9.17, 15) is 0 Å². The van der Waals surface area contributed by atoms with Crippen LogP contribution in [-0.4, -0.2) is 64.8 Å². The predicted octanol–water partition coefficient (Wildman–Crippen LogP) is 3.49. The van der Waals surface area contributed by atoms with Gasteiger partial charge < -0.3 is 19.2 Å². The average molecular weight is 426 g/mol. The maximum Gasteiger partial charge on any atom is 0.229 e. The zero-order chi connectivity index (χ0) is 21.6. The molecule has 0 aliphatic carbocycles. The molecule has 0 atom stereocenters. The Morgan fingerprint density at radius 1 is 1.16 bits per heavy atom. The summed E-state index contributed by atoms with van der Waals surface area (Å²) >= 11 is 0. The molecule has 166 valence electrons. The summed E-state index contributed by atoms with van der Waals surface area (Å²) in [6.07, 6.45) is 2.42. The van der Waals surface area contributed by atoms with Crippen molar-refractivity contribution in [2.45, 2.75) is 52.2 Å². The van der Waals surface area contributed by atoms with Crippen molar-refractivity contribution in [3.05, 3.63) is 23.1 Å². The fraction of sp³-hybridized carbons (Fsp3) is 0.609. The lowest BCUT2D eigenvalue weighted by Gasteiger charge is -2.33. The van der Waals surface area contributed by atoms with Gasteiger partial charge in [-0.15, -0.1) is 0 Å². The Hall–Kier alpha value is -2.29. The van der Waals surface area contributed by atoms with Crippen molar-refractivity contribution >= 4 is 28.0 Å². The molecule has 0 spiro atoms. The van der Waals surface area contributed by atoms with Crippen molar-refractivity contribution in [2.24, 2.45) is 0 Å². The molecule has 31 heavy (non-hydrogen) atoms. The SMILES string of the molecule is CC(C)c1nc2oc3c(NCCN4CCOCC4)ncnc3c2c2c1COC(C)(C)C2. The van der Waals surface area contributed by atoms with E-state index in [0.29, 0.717) is 17.9 Å². The Morgan fingerprint density at radius 3 is 2.74 bits per heavy atom. The van der Waals surface area contributed by atoms with Crippen LogP contribution in [0.5, 0.6) is 0 Å². The van der Waals surface area contributed by atoms with Crippen LogP contribution >= 0.6 is 0 Å². The highest BCUT2D eigenvalue weighted by atomic mass is 16.5. The third kappa shape index (κ3) is 3.88. The molecule has 3 aromatic heterocycles. The van der Waals surface area contributed by atoms with E-state index >= 15 is 0 Å². The Balaban J connectivity index is 1.54. The van der Waals surface area contributed by atoms with E-state index in [0.717, 1.165) is 68.2 Å². The lowest BCUT2D eigenvalue weighted by molar-refractivity contribution is -0.0402. The summed E-state index contributed by atoms with van der Waals surface area (Å²) in [6, 6.07) is 0. The zero-order valence-electron chi connectivity index (χ0n) is 18.8. The van der Waals surface area contributed by atoms with Crippen LogP contribution in [0.15, 0.2) is 10.7 Å². The largest absolute Gasteiger partial charge is 0.432 e. The number of morpholine rings is 1. The van der Waals surface area contributed by atoms with Gasteiger partial charge in [0.1, 0.15) is 11.8 Å². The van der Waals surface area contributed by atoms with Gasteiger partial charge in [-0.25, -0.2) is 15.0 Å². The van der Waals surface area contributed by atoms with Crippen LogP contribution in [0.4, 0.5) is 5.82 Å². The molecule has 2 aliphatic rings. The van der Waals surface area contributed by atoms with Crippen LogP contribution in [0.25, 0.3) is 22.2 Å². The van der Waals surface area contributed by atoms with Crippen LogP contribution in [0.3, 0.4) is 0 Å². The molecule has 8 heteroatoms. The molecular formula is C23H31N5O3. The summed E-state index contributed by atoms with van der Waals surface area (Å²) in [4.78, 5) is 16.4. The number of furan rings is 1. The van der Waals surface area contributed by atoms with Gasteiger partial charge in [-0.1, -0.05) is 13.8 Å². The minimum atomic E-state index is -0.231. The first-order valence-corrected chi connectivity index (χ1v) is 11.2. The minimum Gasteiger partial charge on any atom is -0.432 e. The molecule has 1 saturated heterocycles. The van der Waals surface area contributed by atoms with Gasteiger partial charge in [0.05, 0.1) is 36.5 Å². The zero-order valence-corrected chi connectivity index (χ0v) is 18.8. The molecule has 0 bridgehead atoms. The quantitative estimate of drug-likeness (QED) is 0.665. The molecule has 0 unspecified atom stereocenters. The number of rotatable bonds is 5. The maximum atomic E-state index is 6.28. The van der Waals surface area contributed by atoms with Crippen LogP contribution in [-0.2, 0) is 22.5 Å². The van der Waals surface area contributed by atoms with Gasteiger partial charge in [-0.2, -0.15) is 0 Å². The molecular weight excluding hydrogens is 394 g/mol. The van der Waals surface area contributed by atoms with E-state index < -0.39 is 0 Å². The number of hydrogen-bond acceptors (Lipinski definition) is 8. The topological polar surface area (TPSA) is 85.5 Å². The van der Waals surface area contributed by atoms with Gasteiger partial charge >= 0.3 is 0 Å². The van der Waals surface area contributed by atoms with Crippen LogP contribution in [0.1, 0.15) is 50.4 Å². The Bertz CT molecular complexity index is 1100. The molecule has 8 nitrogen and oxygen atoms in total. The summed E-state index contributed by atoms with van der Waals surface area (Å²) in [7, 11) is 0. The number of anilines is 1. The standard InChI is InChI=1S/C23H31N5O3/c1-14(2)18-16-12-30-23(3,4)11-15(16)17-19-20(31-22(17)27-18)21(26-13-25-19)24-5-6-28-7-9-29-10-8-28/h13-14H,5-12H2,1-4H3,(H,24,25,26). The fourth-order valence-corrected chi connectivity index (χ4v) is 4.59. The van der Waals surface area contributed by atoms with E-state index in [-0.39, 0.29) is 11.5 Å². The molecule has 0 aromatic carbocycles. The van der Waals surface area contributed by atoms with Crippen LogP contribution in [0, 0.1) is 0 Å². The van der Waals surface area contributed by atoms with Crippen molar-refractivity contribution in [3.63, 3.8) is 0 Å². The second-order valence-corrected chi connectivity index (χ2v) is 9.40. The Labute approximate surface area is 182 Å². The highest BCUT2D eigenvalue weighted by Gasteiger charge is 2.32. The number of nitrogens with one attached hydrogen (secondary N) is 1. The summed E-state index contributed by atoms with van der Waals surface area (Å²) in [5.74, 6) is 1.01. The smallest absolute Gasteiger partial charge is 0.229 e. The van der Waals surface area contributed by atoms with Gasteiger partial charge in [-0.3, -0.25) is 4.90 Å². The molecule has 0 amide bonds. The Kier molecular flexibility index (Phi) is 5.32. The van der Waals surface area contributed by atoms with Gasteiger partial charge in [-0.05, 0) is 25.3 Å². The van der Waals surface area contributed by atoms with Gasteiger partial charge in [0.2, 0.25) is 5.71 Å². The van der Waals surface area contributed by atoms with Crippen molar-refractivity contribution in [3.8, 4) is 0 Å². The van der Waals surface area contributed by atoms with E-state index in [2.05, 4.69) is 47.9 Å². The normalized spacial score (nSPS) is 19.3. The molecule has 0 saturated carbocycles. The molecule has 5 rings (SSSR count). The third-order valence-electron chi connectivity index (χ3n) is 6.23. The van der Waals surface area contributed by atoms with E-state index in [1.54, 1.807) is 6.33 Å². The summed E-state index contributed by atoms with van der Waals surface area (Å²) in [5, 5.41) is 4.45. The van der Waals surface area contributed by atoms with E-state index in [1.165, 1.54) is 11.1 Å². The van der Waals surface area contributed by atoms with E-state index in [1.807, 2.05) is 0 Å². The summed E-state index contributed by atoms with van der Waals surface area (Å²) in [5.41, 5.74) is 5.41. The first kappa shape index (κ1) is 20.6. The maximum absolute atomic E-state index is 6.28. The molecule has 3 aromatic rings. The van der Waals surface area contributed by atoms with Gasteiger partial charge in [0, 0.05) is 38.2 Å². The molecule has 2 aliphatic heterocycles. The third-order valence-corrected chi connectivity index (χ3v) is 6.23. The van der Waals surface area contributed by atoms with Crippen molar-refractivity contribution < 1.29 is 13.9 Å². The number of pyridine rings is 1. The minimum absolute atomic E-state index is 0.231. The van der Waals surface area contributed by atoms with Crippen molar-refractivity contribution in [1.29, 1.82) is 0 Å². The Morgan fingerprint density at radius 2 is 1.97 bits per heavy atom. The molecule has 5 heterocycles. The molecule has 1 N–H and O–H groups in total. The summed E-state index contributed by atoms with van der Waals surface area (Å²) < 4.78 is 17.8. The molecule has 1 fully saturated rings. The van der Waals surface area contributed by atoms with Crippen molar-refractivity contribution in [2.75, 3.05) is 44.7 Å². The van der Waals surface area contributed by atoms with Crippen LogP contribution < -0.4 is 5.32 Å². The number of fused-ring (bicyclic) bond motifs is 5. The second kappa shape index (κ2) is 8.00. The lowest BCUT2D eigenvalue weighted by Crippen LogP contribution is -2.39. The highest BCUT2D eigenvalue weighted by molar-refractivity contribution is 6.06. The van der Waals surface area contributed by atoms with Crippen molar-refractivity contribution in [1.82, 2.24) is 19.9 Å². The average Bonchev–Trinajstić information content (AvgIpc) is 3.13. The second-order valence-electron chi connectivity index (χ2n) is 9.40. The van der Waals surface area contributed by atoms with Gasteiger partial charge in [0.15, 0.2) is 11.4 Å². The lowest BCUT2D eigenvalue weighted by atomic mass is 9.87. The summed E-state index contributed by atoms with van der Waals surface area (Å²) in [6.45, 7) is 14.4. The predicted molar refractivity (Wildman–Crippen MR) is 120 cm³/mol.